The predicted octanol–water partition coefficient (Wildman–Crippen LogP) is 1.27. The first kappa shape index (κ1) is 20.2. The number of β-amino-alcohol motifs (C(OH)–C–C–N with tert-alkyl or cyclic N) is 1. The Morgan fingerprint density at radius 1 is 1.22 bits per heavy atom. The molecule has 2 saturated heterocycles. The number of morpholine rings is 1. The average Bonchev–Trinajstić information content (AvgIpc) is 2.70. The maximum Gasteiger partial charge on any atom is 0.225 e. The number of nitrogens with zero attached hydrogens (tertiary/aromatic N) is 2. The highest BCUT2D eigenvalue weighted by Gasteiger charge is 2.29. The summed E-state index contributed by atoms with van der Waals surface area (Å²) in [7, 11) is 0. The van der Waals surface area contributed by atoms with E-state index in [4.69, 9.17) is 9.47 Å². The lowest BCUT2D eigenvalue weighted by atomic mass is 9.95. The molecular weight excluding hydrogens is 351 g/mol. The van der Waals surface area contributed by atoms with Gasteiger partial charge >= 0.3 is 0 Å². The summed E-state index contributed by atoms with van der Waals surface area (Å²) in [4.78, 5) is 16.6. The Kier molecular flexibility index (Phi) is 7.58. The number of piperidine rings is 1. The van der Waals surface area contributed by atoms with Crippen LogP contribution in [-0.2, 0) is 20.9 Å². The van der Waals surface area contributed by atoms with E-state index in [9.17, 15) is 14.3 Å². The number of aliphatic hydroxyl groups is 1. The van der Waals surface area contributed by atoms with Crippen LogP contribution in [-0.4, -0.2) is 79.5 Å². The quantitative estimate of drug-likeness (QED) is 0.772. The van der Waals surface area contributed by atoms with E-state index in [2.05, 4.69) is 4.90 Å². The second-order valence-electron chi connectivity index (χ2n) is 7.27. The fourth-order valence-corrected chi connectivity index (χ4v) is 3.68. The number of likely N-dealkylation sites (tertiary alicyclic amines) is 1. The molecule has 1 aromatic rings. The van der Waals surface area contributed by atoms with E-state index < -0.39 is 6.10 Å². The Morgan fingerprint density at radius 3 is 2.63 bits per heavy atom. The lowest BCUT2D eigenvalue weighted by Gasteiger charge is -2.36. The number of ether oxygens (including phenoxy) is 2. The number of hydrogen-bond donors (Lipinski definition) is 1. The second-order valence-corrected chi connectivity index (χ2v) is 7.27. The summed E-state index contributed by atoms with van der Waals surface area (Å²) in [6, 6.07) is 6.48. The maximum atomic E-state index is 13.5. The topological polar surface area (TPSA) is 62.2 Å². The summed E-state index contributed by atoms with van der Waals surface area (Å²) in [6.07, 6.45) is 1.01. The summed E-state index contributed by atoms with van der Waals surface area (Å²) in [5.74, 6) is 0.0273. The lowest BCUT2D eigenvalue weighted by molar-refractivity contribution is -0.141. The molecule has 0 radical (unpaired) electrons. The van der Waals surface area contributed by atoms with Crippen LogP contribution >= 0.6 is 0 Å². The molecule has 1 atom stereocenters. The zero-order chi connectivity index (χ0) is 19.1. The lowest BCUT2D eigenvalue weighted by Crippen LogP contribution is -2.47. The molecule has 1 N–H and O–H groups in total. The molecule has 0 aliphatic carbocycles. The molecule has 27 heavy (non-hydrogen) atoms. The molecule has 2 aliphatic rings. The largest absolute Gasteiger partial charge is 0.389 e. The third-order valence-corrected chi connectivity index (χ3v) is 5.25. The monoisotopic (exact) mass is 380 g/mol. The van der Waals surface area contributed by atoms with E-state index in [-0.39, 0.29) is 30.9 Å². The van der Waals surface area contributed by atoms with E-state index in [1.54, 1.807) is 18.2 Å². The van der Waals surface area contributed by atoms with Crippen LogP contribution in [0.25, 0.3) is 0 Å². The molecule has 0 bridgehead atoms. The van der Waals surface area contributed by atoms with Crippen LogP contribution in [0.5, 0.6) is 0 Å². The van der Waals surface area contributed by atoms with Gasteiger partial charge in [0.1, 0.15) is 5.82 Å². The van der Waals surface area contributed by atoms with Crippen molar-refractivity contribution in [1.82, 2.24) is 9.80 Å². The van der Waals surface area contributed by atoms with Gasteiger partial charge in [-0.15, -0.1) is 0 Å². The van der Waals surface area contributed by atoms with Crippen molar-refractivity contribution in [1.29, 1.82) is 0 Å². The number of amides is 1. The van der Waals surface area contributed by atoms with Crippen LogP contribution in [0.4, 0.5) is 4.39 Å². The summed E-state index contributed by atoms with van der Waals surface area (Å²) >= 11 is 0. The molecule has 150 valence electrons. The Bertz CT molecular complexity index is 601. The SMILES string of the molecule is O=C(C1CCN(CC(O)COCc2ccccc2F)CC1)N1CCOCC1. The second kappa shape index (κ2) is 10.1. The number of benzene rings is 1. The fourth-order valence-electron chi connectivity index (χ4n) is 3.68. The first-order valence-corrected chi connectivity index (χ1v) is 9.71. The molecule has 2 fully saturated rings. The van der Waals surface area contributed by atoms with Gasteiger partial charge in [0.2, 0.25) is 5.91 Å². The van der Waals surface area contributed by atoms with E-state index in [0.717, 1.165) is 25.9 Å². The summed E-state index contributed by atoms with van der Waals surface area (Å²) < 4.78 is 24.3. The molecule has 3 rings (SSSR count). The first-order valence-electron chi connectivity index (χ1n) is 9.71. The summed E-state index contributed by atoms with van der Waals surface area (Å²) in [6.45, 7) is 5.06. The number of carbonyl (C=O) groups is 1. The molecule has 2 aliphatic heterocycles. The van der Waals surface area contributed by atoms with Crippen molar-refractivity contribution < 1.29 is 23.8 Å². The molecule has 0 spiro atoms. The normalized spacial score (nSPS) is 20.6. The van der Waals surface area contributed by atoms with Crippen LogP contribution in [0.1, 0.15) is 18.4 Å². The smallest absolute Gasteiger partial charge is 0.225 e. The summed E-state index contributed by atoms with van der Waals surface area (Å²) in [5.41, 5.74) is 0.493. The zero-order valence-electron chi connectivity index (χ0n) is 15.7. The van der Waals surface area contributed by atoms with Crippen LogP contribution in [0.3, 0.4) is 0 Å². The average molecular weight is 380 g/mol. The van der Waals surface area contributed by atoms with Crippen molar-refractivity contribution >= 4 is 5.91 Å². The van der Waals surface area contributed by atoms with Crippen molar-refractivity contribution in [3.05, 3.63) is 35.6 Å². The van der Waals surface area contributed by atoms with Gasteiger partial charge in [0.05, 0.1) is 32.5 Å². The molecule has 2 heterocycles. The van der Waals surface area contributed by atoms with E-state index in [0.29, 0.717) is 38.4 Å². The number of halogens is 1. The van der Waals surface area contributed by atoms with Gasteiger partial charge in [-0.2, -0.15) is 0 Å². The van der Waals surface area contributed by atoms with Gasteiger partial charge < -0.3 is 24.4 Å². The molecular formula is C20H29FN2O4. The highest BCUT2D eigenvalue weighted by atomic mass is 19.1. The summed E-state index contributed by atoms with van der Waals surface area (Å²) in [5, 5.41) is 10.2. The van der Waals surface area contributed by atoms with Crippen molar-refractivity contribution in [3.63, 3.8) is 0 Å². The molecule has 0 saturated carbocycles. The highest BCUT2D eigenvalue weighted by molar-refractivity contribution is 5.79. The minimum absolute atomic E-state index is 0.0776. The van der Waals surface area contributed by atoms with Crippen LogP contribution in [0.15, 0.2) is 24.3 Å². The number of aliphatic hydroxyl groups excluding tert-OH is 1. The molecule has 1 aromatic carbocycles. The van der Waals surface area contributed by atoms with Gasteiger partial charge in [-0.3, -0.25) is 4.79 Å². The zero-order valence-corrected chi connectivity index (χ0v) is 15.7. The van der Waals surface area contributed by atoms with Gasteiger partial charge in [-0.1, -0.05) is 18.2 Å². The highest BCUT2D eigenvalue weighted by Crippen LogP contribution is 2.20. The Hall–Kier alpha value is -1.54. The minimum Gasteiger partial charge on any atom is -0.389 e. The van der Waals surface area contributed by atoms with Crippen molar-refractivity contribution in [2.45, 2.75) is 25.6 Å². The molecule has 1 amide bonds. The van der Waals surface area contributed by atoms with E-state index >= 15 is 0 Å². The van der Waals surface area contributed by atoms with Crippen molar-refractivity contribution in [2.75, 3.05) is 52.5 Å². The number of rotatable bonds is 7. The van der Waals surface area contributed by atoms with Gasteiger partial charge in [0, 0.05) is 31.1 Å². The van der Waals surface area contributed by atoms with E-state index in [1.165, 1.54) is 6.07 Å². The van der Waals surface area contributed by atoms with Gasteiger partial charge in [-0.25, -0.2) is 4.39 Å². The van der Waals surface area contributed by atoms with Crippen molar-refractivity contribution in [2.24, 2.45) is 5.92 Å². The van der Waals surface area contributed by atoms with Crippen LogP contribution in [0, 0.1) is 11.7 Å². The Morgan fingerprint density at radius 2 is 1.93 bits per heavy atom. The van der Waals surface area contributed by atoms with Gasteiger partial charge in [0.15, 0.2) is 0 Å². The van der Waals surface area contributed by atoms with Gasteiger partial charge in [0.25, 0.3) is 0 Å². The van der Waals surface area contributed by atoms with E-state index in [1.807, 2.05) is 4.90 Å². The Balaban J connectivity index is 1.33. The number of hydrogen-bond acceptors (Lipinski definition) is 5. The van der Waals surface area contributed by atoms with Crippen LogP contribution < -0.4 is 0 Å². The van der Waals surface area contributed by atoms with Crippen molar-refractivity contribution in [3.8, 4) is 0 Å². The maximum absolute atomic E-state index is 13.5. The molecule has 0 aromatic heterocycles. The van der Waals surface area contributed by atoms with Gasteiger partial charge in [-0.05, 0) is 32.0 Å². The number of carbonyl (C=O) groups excluding carboxylic acids is 1. The first-order chi connectivity index (χ1) is 13.1. The predicted molar refractivity (Wildman–Crippen MR) is 98.6 cm³/mol. The molecule has 6 nitrogen and oxygen atoms in total. The Labute approximate surface area is 159 Å². The third kappa shape index (κ3) is 5.97. The standard InChI is InChI=1S/C20H29FN2O4/c21-19-4-2-1-3-17(19)14-27-15-18(24)13-22-7-5-16(6-8-22)20(25)23-9-11-26-12-10-23/h1-4,16,18,24H,5-15H2. The molecule has 7 heteroatoms. The fraction of sp³-hybridized carbons (Fsp3) is 0.650. The molecule has 1 unspecified atom stereocenters. The third-order valence-electron chi connectivity index (χ3n) is 5.25. The van der Waals surface area contributed by atoms with Crippen LogP contribution in [0.2, 0.25) is 0 Å². The minimum atomic E-state index is -0.622.